The third kappa shape index (κ3) is 7.86. The lowest BCUT2D eigenvalue weighted by atomic mass is 10.1. The van der Waals surface area contributed by atoms with Gasteiger partial charge in [-0.1, -0.05) is 30.3 Å². The molecular formula is C24H21F4N3O5S2. The SMILES string of the molecule is CCOC(=O)c1cc(Cc2ccccc2)sc1NC(=S)Nc1cc(OCC(F)(F)C(F)F)cc([N+](=O)[O-])c1. The Bertz CT molecular complexity index is 1310. The maximum atomic E-state index is 13.2. The molecule has 3 aromatic rings. The van der Waals surface area contributed by atoms with Gasteiger partial charge in [0.2, 0.25) is 0 Å². The van der Waals surface area contributed by atoms with Crippen LogP contribution in [0.2, 0.25) is 0 Å². The Balaban J connectivity index is 1.80. The van der Waals surface area contributed by atoms with Gasteiger partial charge < -0.3 is 20.1 Å². The van der Waals surface area contributed by atoms with Gasteiger partial charge >= 0.3 is 18.3 Å². The summed E-state index contributed by atoms with van der Waals surface area (Å²) in [7, 11) is 0. The van der Waals surface area contributed by atoms with Gasteiger partial charge in [-0.05, 0) is 30.8 Å². The molecule has 0 unspecified atom stereocenters. The smallest absolute Gasteiger partial charge is 0.341 e. The molecule has 0 atom stereocenters. The van der Waals surface area contributed by atoms with Crippen LogP contribution in [0.25, 0.3) is 0 Å². The van der Waals surface area contributed by atoms with Gasteiger partial charge in [-0.25, -0.2) is 13.6 Å². The first-order valence-corrected chi connectivity index (χ1v) is 12.2. The van der Waals surface area contributed by atoms with E-state index in [4.69, 9.17) is 21.7 Å². The van der Waals surface area contributed by atoms with Gasteiger partial charge in [0.25, 0.3) is 5.69 Å². The van der Waals surface area contributed by atoms with E-state index in [1.54, 1.807) is 13.0 Å². The lowest BCUT2D eigenvalue weighted by molar-refractivity contribution is -0.384. The predicted octanol–water partition coefficient (Wildman–Crippen LogP) is 6.51. The van der Waals surface area contributed by atoms with E-state index >= 15 is 0 Å². The Labute approximate surface area is 223 Å². The number of carbonyl (C=O) groups is 1. The van der Waals surface area contributed by atoms with Gasteiger partial charge in [-0.2, -0.15) is 8.78 Å². The van der Waals surface area contributed by atoms with Crippen LogP contribution in [0.1, 0.15) is 27.7 Å². The molecule has 0 radical (unpaired) electrons. The molecule has 1 aromatic heterocycles. The Kier molecular flexibility index (Phi) is 9.58. The van der Waals surface area contributed by atoms with Crippen molar-refractivity contribution in [1.29, 1.82) is 0 Å². The first kappa shape index (κ1) is 28.8. The third-order valence-corrected chi connectivity index (χ3v) is 6.09. The molecule has 0 fully saturated rings. The third-order valence-electron chi connectivity index (χ3n) is 4.84. The van der Waals surface area contributed by atoms with Crippen molar-refractivity contribution in [2.75, 3.05) is 23.8 Å². The fourth-order valence-corrected chi connectivity index (χ4v) is 4.50. The minimum absolute atomic E-state index is 0.0363. The number of non-ortho nitro benzene ring substituents is 1. The minimum Gasteiger partial charge on any atom is -0.487 e. The van der Waals surface area contributed by atoms with E-state index in [0.29, 0.717) is 11.4 Å². The monoisotopic (exact) mass is 571 g/mol. The zero-order valence-electron chi connectivity index (χ0n) is 19.7. The summed E-state index contributed by atoms with van der Waals surface area (Å²) < 4.78 is 61.2. The van der Waals surface area contributed by atoms with Crippen molar-refractivity contribution < 1.29 is 36.8 Å². The molecule has 0 spiro atoms. The van der Waals surface area contributed by atoms with Crippen molar-refractivity contribution in [2.24, 2.45) is 0 Å². The molecule has 14 heteroatoms. The fraction of sp³-hybridized carbons (Fsp3) is 0.250. The molecule has 2 N–H and O–H groups in total. The van der Waals surface area contributed by atoms with E-state index in [9.17, 15) is 32.5 Å². The number of alkyl halides is 4. The molecule has 2 aromatic carbocycles. The lowest BCUT2D eigenvalue weighted by Gasteiger charge is -2.16. The molecular weight excluding hydrogens is 550 g/mol. The van der Waals surface area contributed by atoms with E-state index in [2.05, 4.69) is 10.6 Å². The summed E-state index contributed by atoms with van der Waals surface area (Å²) in [5.41, 5.74) is 0.648. The van der Waals surface area contributed by atoms with E-state index in [1.165, 1.54) is 11.3 Å². The highest BCUT2D eigenvalue weighted by molar-refractivity contribution is 7.80. The van der Waals surface area contributed by atoms with Crippen LogP contribution in [0, 0.1) is 10.1 Å². The Hall–Kier alpha value is -3.78. The standard InChI is InChI=1S/C24H21F4N3O5S2/c1-2-35-21(32)19-12-18(8-14-6-4-3-5-7-14)38-20(19)30-23(37)29-15-9-16(31(33)34)11-17(10-15)36-13-24(27,28)22(25)26/h3-7,9-12,22H,2,8,13H2,1H3,(H2,29,30,37). The first-order chi connectivity index (χ1) is 18.0. The van der Waals surface area contributed by atoms with Crippen molar-refractivity contribution in [2.45, 2.75) is 25.7 Å². The second-order valence-electron chi connectivity index (χ2n) is 7.74. The lowest BCUT2D eigenvalue weighted by Crippen LogP contribution is -2.33. The van der Waals surface area contributed by atoms with Gasteiger partial charge in [0.1, 0.15) is 10.8 Å². The van der Waals surface area contributed by atoms with Crippen LogP contribution in [0.3, 0.4) is 0 Å². The van der Waals surface area contributed by atoms with E-state index < -0.39 is 41.3 Å². The number of hydrogen-bond donors (Lipinski definition) is 2. The molecule has 0 amide bonds. The number of nitro benzene ring substituents is 1. The van der Waals surface area contributed by atoms with Crippen LogP contribution in [0.4, 0.5) is 33.9 Å². The van der Waals surface area contributed by atoms with Crippen molar-refractivity contribution in [3.8, 4) is 5.75 Å². The highest BCUT2D eigenvalue weighted by Gasteiger charge is 2.41. The van der Waals surface area contributed by atoms with Crippen LogP contribution in [-0.4, -0.2) is 41.6 Å². The number of halogens is 4. The normalized spacial score (nSPS) is 11.2. The van der Waals surface area contributed by atoms with Crippen molar-refractivity contribution >= 4 is 51.0 Å². The van der Waals surface area contributed by atoms with Gasteiger partial charge in [0.05, 0.1) is 28.8 Å². The second kappa shape index (κ2) is 12.6. The van der Waals surface area contributed by atoms with Crippen LogP contribution in [-0.2, 0) is 11.2 Å². The highest BCUT2D eigenvalue weighted by Crippen LogP contribution is 2.32. The van der Waals surface area contributed by atoms with E-state index in [-0.39, 0.29) is 23.0 Å². The molecule has 0 aliphatic carbocycles. The van der Waals surface area contributed by atoms with E-state index in [0.717, 1.165) is 28.6 Å². The van der Waals surface area contributed by atoms with Crippen LogP contribution in [0.5, 0.6) is 5.75 Å². The zero-order chi connectivity index (χ0) is 27.9. The average molecular weight is 572 g/mol. The molecule has 0 bridgehead atoms. The van der Waals surface area contributed by atoms with Crippen LogP contribution in [0.15, 0.2) is 54.6 Å². The molecule has 0 saturated heterocycles. The number of thiocarbonyl (C=S) groups is 1. The van der Waals surface area contributed by atoms with Crippen molar-refractivity contribution in [1.82, 2.24) is 0 Å². The second-order valence-corrected chi connectivity index (χ2v) is 9.29. The predicted molar refractivity (Wildman–Crippen MR) is 139 cm³/mol. The number of nitrogens with zero attached hydrogens (tertiary/aromatic N) is 1. The largest absolute Gasteiger partial charge is 0.487 e. The summed E-state index contributed by atoms with van der Waals surface area (Å²) in [6.45, 7) is 0.121. The number of anilines is 2. The van der Waals surface area contributed by atoms with Crippen molar-refractivity contribution in [3.63, 3.8) is 0 Å². The van der Waals surface area contributed by atoms with Gasteiger partial charge in [0.15, 0.2) is 11.7 Å². The maximum Gasteiger partial charge on any atom is 0.341 e. The molecule has 3 rings (SSSR count). The molecule has 0 aliphatic rings. The molecule has 0 saturated carbocycles. The summed E-state index contributed by atoms with van der Waals surface area (Å²) in [4.78, 5) is 23.8. The average Bonchev–Trinajstić information content (AvgIpc) is 3.25. The summed E-state index contributed by atoms with van der Waals surface area (Å²) in [6.07, 6.45) is -3.43. The Morgan fingerprint density at radius 3 is 2.50 bits per heavy atom. The van der Waals surface area contributed by atoms with Crippen LogP contribution >= 0.6 is 23.6 Å². The summed E-state index contributed by atoms with van der Waals surface area (Å²) >= 11 is 6.53. The number of ether oxygens (including phenoxy) is 2. The number of nitrogens with one attached hydrogen (secondary N) is 2. The summed E-state index contributed by atoms with van der Waals surface area (Å²) in [6, 6.07) is 14.1. The Morgan fingerprint density at radius 2 is 1.87 bits per heavy atom. The van der Waals surface area contributed by atoms with Gasteiger partial charge in [-0.15, -0.1) is 11.3 Å². The zero-order valence-corrected chi connectivity index (χ0v) is 21.3. The topological polar surface area (TPSA) is 103 Å². The van der Waals surface area contributed by atoms with Gasteiger partial charge in [-0.3, -0.25) is 10.1 Å². The number of hydrogen-bond acceptors (Lipinski definition) is 7. The van der Waals surface area contributed by atoms with E-state index in [1.807, 2.05) is 30.3 Å². The summed E-state index contributed by atoms with van der Waals surface area (Å²) in [5.74, 6) is -5.48. The number of carbonyl (C=O) groups excluding carboxylic acids is 1. The number of esters is 1. The number of thiophene rings is 1. The number of benzene rings is 2. The molecule has 8 nitrogen and oxygen atoms in total. The molecule has 202 valence electrons. The minimum atomic E-state index is -4.45. The molecule has 0 aliphatic heterocycles. The van der Waals surface area contributed by atoms with Gasteiger partial charge in [0, 0.05) is 23.4 Å². The highest BCUT2D eigenvalue weighted by atomic mass is 32.1. The fourth-order valence-electron chi connectivity index (χ4n) is 3.13. The van der Waals surface area contributed by atoms with Crippen LogP contribution < -0.4 is 15.4 Å². The maximum absolute atomic E-state index is 13.2. The quantitative estimate of drug-likeness (QED) is 0.0883. The first-order valence-electron chi connectivity index (χ1n) is 11.0. The number of rotatable bonds is 11. The Morgan fingerprint density at radius 1 is 1.16 bits per heavy atom. The van der Waals surface area contributed by atoms with Crippen molar-refractivity contribution in [3.05, 3.63) is 80.7 Å². The number of nitro groups is 1. The molecule has 38 heavy (non-hydrogen) atoms. The molecule has 1 heterocycles. The summed E-state index contributed by atoms with van der Waals surface area (Å²) in [5, 5.41) is 17.1.